The van der Waals surface area contributed by atoms with Crippen LogP contribution in [0.1, 0.15) is 29.2 Å². The highest BCUT2D eigenvalue weighted by atomic mass is 16.5. The van der Waals surface area contributed by atoms with Gasteiger partial charge in [-0.05, 0) is 30.2 Å². The Hall–Kier alpha value is -4.40. The first-order valence-corrected chi connectivity index (χ1v) is 12.6. The number of carbonyl (C=O) groups excluding carboxylic acids is 3. The third-order valence-electron chi connectivity index (χ3n) is 5.60. The van der Waals surface area contributed by atoms with Gasteiger partial charge in [-0.25, -0.2) is 0 Å². The quantitative estimate of drug-likeness (QED) is 0.187. The first-order chi connectivity index (χ1) is 19.1. The van der Waals surface area contributed by atoms with E-state index in [9.17, 15) is 14.4 Å². The summed E-state index contributed by atoms with van der Waals surface area (Å²) in [6.07, 6.45) is 1.66. The van der Waals surface area contributed by atoms with Crippen LogP contribution in [0, 0.1) is 5.92 Å². The van der Waals surface area contributed by atoms with Crippen molar-refractivity contribution in [2.45, 2.75) is 24.6 Å². The summed E-state index contributed by atoms with van der Waals surface area (Å²) >= 11 is 0. The second-order valence-corrected chi connectivity index (χ2v) is 10.2. The molecule has 0 saturated heterocycles. The number of amides is 3. The van der Waals surface area contributed by atoms with Crippen LogP contribution in [0.25, 0.3) is 11.5 Å². The third kappa shape index (κ3) is 7.37. The minimum absolute atomic E-state index is 0.0266. The number of rotatable bonds is 12. The second-order valence-electron chi connectivity index (χ2n) is 10.2. The van der Waals surface area contributed by atoms with Gasteiger partial charge in [0.15, 0.2) is 23.1 Å². The van der Waals surface area contributed by atoms with Crippen LogP contribution in [0.4, 0.5) is 17.2 Å². The number of anilines is 3. The monoisotopic (exact) mass is 546 g/mol. The molecule has 14 nitrogen and oxygen atoms in total. The standard InChI is InChI=1S/C23H29B3N8O6/c1-38-10-17(35)27-9-16-30-22(40-34-16)12-4-3-5-13(19(12)39-2)28-14-8-15(29-20(36)11-6-7-11)32-33-18(14)21(37)31-23(24,25)26/h3-5,8,11H,6-7,9-10,24-26H2,1-2H3,(H,27,35)(H,31,37)(H2,28,29,32,36). The van der Waals surface area contributed by atoms with E-state index in [-0.39, 0.29) is 54.1 Å². The van der Waals surface area contributed by atoms with Crippen molar-refractivity contribution in [1.82, 2.24) is 31.0 Å². The minimum Gasteiger partial charge on any atom is -0.494 e. The van der Waals surface area contributed by atoms with E-state index in [4.69, 9.17) is 14.0 Å². The molecule has 1 fully saturated rings. The highest BCUT2D eigenvalue weighted by molar-refractivity contribution is 6.60. The lowest BCUT2D eigenvalue weighted by atomic mass is 9.49. The van der Waals surface area contributed by atoms with Crippen LogP contribution < -0.4 is 26.0 Å². The van der Waals surface area contributed by atoms with Gasteiger partial charge in [0.2, 0.25) is 11.8 Å². The molecule has 0 unspecified atom stereocenters. The SMILES string of the molecule is BC(B)(B)NC(=O)c1nnc(NC(=O)C2CC2)cc1Nc1cccc(-c2nc(CNC(=O)COC)no2)c1OC. The molecule has 0 aliphatic heterocycles. The van der Waals surface area contributed by atoms with E-state index in [1.807, 2.05) is 23.5 Å². The van der Waals surface area contributed by atoms with Crippen molar-refractivity contribution >= 4 is 58.5 Å². The van der Waals surface area contributed by atoms with Gasteiger partial charge in [-0.15, -0.1) is 10.2 Å². The minimum atomic E-state index is -0.523. The van der Waals surface area contributed by atoms with Crippen LogP contribution in [-0.4, -0.2) is 87.7 Å². The van der Waals surface area contributed by atoms with Crippen LogP contribution in [0.2, 0.25) is 0 Å². The van der Waals surface area contributed by atoms with E-state index < -0.39 is 11.1 Å². The number of aromatic nitrogens is 4. The zero-order valence-electron chi connectivity index (χ0n) is 23.0. The van der Waals surface area contributed by atoms with Crippen LogP contribution in [-0.2, 0) is 20.9 Å². The zero-order chi connectivity index (χ0) is 28.9. The maximum Gasteiger partial charge on any atom is 0.272 e. The number of nitrogens with zero attached hydrogens (tertiary/aromatic N) is 4. The Kier molecular flexibility index (Phi) is 8.72. The molecule has 4 rings (SSSR count). The van der Waals surface area contributed by atoms with Gasteiger partial charge in [-0.1, -0.05) is 11.2 Å². The summed E-state index contributed by atoms with van der Waals surface area (Å²) in [6, 6.07) is 6.75. The molecule has 1 aliphatic rings. The highest BCUT2D eigenvalue weighted by Gasteiger charge is 2.30. The van der Waals surface area contributed by atoms with E-state index in [0.717, 1.165) is 12.8 Å². The predicted octanol–water partition coefficient (Wildman–Crippen LogP) is -1.87. The molecule has 0 bridgehead atoms. The van der Waals surface area contributed by atoms with Gasteiger partial charge in [0.25, 0.3) is 11.8 Å². The Morgan fingerprint density at radius 1 is 1.12 bits per heavy atom. The normalized spacial score (nSPS) is 12.8. The summed E-state index contributed by atoms with van der Waals surface area (Å²) in [6.45, 7) is -0.0336. The Balaban J connectivity index is 1.64. The summed E-state index contributed by atoms with van der Waals surface area (Å²) in [5.41, 5.74) is 1.26. The summed E-state index contributed by atoms with van der Waals surface area (Å²) in [5.74, 6) is 0.0338. The van der Waals surface area contributed by atoms with Crippen molar-refractivity contribution in [3.8, 4) is 17.2 Å². The topological polar surface area (TPSA) is 182 Å². The molecule has 2 aromatic heterocycles. The number of para-hydroxylation sites is 1. The van der Waals surface area contributed by atoms with Gasteiger partial charge in [0, 0.05) is 19.1 Å². The van der Waals surface area contributed by atoms with Crippen molar-refractivity contribution in [1.29, 1.82) is 0 Å². The third-order valence-corrected chi connectivity index (χ3v) is 5.60. The summed E-state index contributed by atoms with van der Waals surface area (Å²) in [4.78, 5) is 41.4. The van der Waals surface area contributed by atoms with Gasteiger partial charge in [-0.2, -0.15) is 4.98 Å². The number of ether oxygens (including phenoxy) is 2. The molecular formula is C23H29B3N8O6. The number of hydrogen-bond donors (Lipinski definition) is 4. The van der Waals surface area contributed by atoms with E-state index in [1.165, 1.54) is 14.2 Å². The predicted molar refractivity (Wildman–Crippen MR) is 153 cm³/mol. The molecule has 1 saturated carbocycles. The van der Waals surface area contributed by atoms with Crippen molar-refractivity contribution < 1.29 is 28.4 Å². The number of methoxy groups -OCH3 is 2. The van der Waals surface area contributed by atoms with Crippen LogP contribution in [0.3, 0.4) is 0 Å². The Labute approximate surface area is 233 Å². The smallest absolute Gasteiger partial charge is 0.272 e. The summed E-state index contributed by atoms with van der Waals surface area (Å²) in [5, 5.41) is 23.0. The van der Waals surface area contributed by atoms with E-state index in [1.54, 1.807) is 24.3 Å². The molecular weight excluding hydrogens is 517 g/mol. The molecule has 2 heterocycles. The average Bonchev–Trinajstić information content (AvgIpc) is 3.64. The molecule has 4 N–H and O–H groups in total. The fourth-order valence-electron chi connectivity index (χ4n) is 3.65. The molecule has 17 heteroatoms. The molecule has 0 atom stereocenters. The lowest BCUT2D eigenvalue weighted by Crippen LogP contribution is -2.50. The van der Waals surface area contributed by atoms with E-state index in [0.29, 0.717) is 22.7 Å². The lowest BCUT2D eigenvalue weighted by Gasteiger charge is -2.21. The maximum atomic E-state index is 13.1. The Morgan fingerprint density at radius 3 is 2.58 bits per heavy atom. The van der Waals surface area contributed by atoms with Gasteiger partial charge in [0.1, 0.15) is 30.1 Å². The number of benzene rings is 1. The summed E-state index contributed by atoms with van der Waals surface area (Å²) in [7, 11) is 8.45. The second kappa shape index (κ2) is 12.2. The number of hydrogen-bond acceptors (Lipinski definition) is 11. The average molecular weight is 546 g/mol. The molecule has 0 spiro atoms. The van der Waals surface area contributed by atoms with Crippen molar-refractivity contribution in [2.75, 3.05) is 31.5 Å². The molecule has 1 aliphatic carbocycles. The molecule has 3 aromatic rings. The molecule has 0 radical (unpaired) electrons. The molecule has 1 aromatic carbocycles. The van der Waals surface area contributed by atoms with Crippen LogP contribution in [0.15, 0.2) is 28.8 Å². The largest absolute Gasteiger partial charge is 0.494 e. The van der Waals surface area contributed by atoms with Gasteiger partial charge in [0.05, 0.1) is 30.6 Å². The number of nitrogens with one attached hydrogen (secondary N) is 4. The first-order valence-electron chi connectivity index (χ1n) is 12.6. The zero-order valence-corrected chi connectivity index (χ0v) is 23.0. The van der Waals surface area contributed by atoms with Crippen molar-refractivity contribution in [2.24, 2.45) is 5.92 Å². The van der Waals surface area contributed by atoms with Gasteiger partial charge >= 0.3 is 0 Å². The van der Waals surface area contributed by atoms with Crippen molar-refractivity contribution in [3.63, 3.8) is 0 Å². The van der Waals surface area contributed by atoms with Gasteiger partial charge in [-0.3, -0.25) is 14.4 Å². The van der Waals surface area contributed by atoms with E-state index in [2.05, 4.69) is 41.6 Å². The maximum absolute atomic E-state index is 13.1. The number of carbonyl (C=O) groups is 3. The molecule has 40 heavy (non-hydrogen) atoms. The van der Waals surface area contributed by atoms with Gasteiger partial charge < -0.3 is 35.3 Å². The molecule has 3 amide bonds. The molecule has 206 valence electrons. The fourth-order valence-corrected chi connectivity index (χ4v) is 3.65. The van der Waals surface area contributed by atoms with E-state index >= 15 is 0 Å². The Bertz CT molecular complexity index is 1410. The fraction of sp³-hybridized carbons (Fsp3) is 0.348. The van der Waals surface area contributed by atoms with Crippen LogP contribution >= 0.6 is 0 Å². The lowest BCUT2D eigenvalue weighted by molar-refractivity contribution is -0.125. The highest BCUT2D eigenvalue weighted by Crippen LogP contribution is 2.38. The summed E-state index contributed by atoms with van der Waals surface area (Å²) < 4.78 is 15.9. The van der Waals surface area contributed by atoms with Crippen molar-refractivity contribution in [3.05, 3.63) is 35.8 Å². The first kappa shape index (κ1) is 28.6. The van der Waals surface area contributed by atoms with Crippen LogP contribution in [0.5, 0.6) is 5.75 Å². The Morgan fingerprint density at radius 2 is 1.90 bits per heavy atom.